The second-order valence-corrected chi connectivity index (χ2v) is 9.20. The average molecular weight is 473 g/mol. The van der Waals surface area contributed by atoms with Crippen LogP contribution in [0, 0.1) is 0 Å². The lowest BCUT2D eigenvalue weighted by Gasteiger charge is -2.10. The van der Waals surface area contributed by atoms with Gasteiger partial charge in [-0.15, -0.1) is 6.58 Å². The number of esters is 2. The summed E-state index contributed by atoms with van der Waals surface area (Å²) in [6.07, 6.45) is 22.8. The van der Waals surface area contributed by atoms with Crippen molar-refractivity contribution in [2.45, 2.75) is 116 Å². The molecular weight excluding hydrogens is 424 g/mol. The van der Waals surface area contributed by atoms with Crippen molar-refractivity contribution in [3.8, 4) is 0 Å². The van der Waals surface area contributed by atoms with Crippen LogP contribution in [0.25, 0.3) is 0 Å². The molecule has 0 saturated heterocycles. The van der Waals surface area contributed by atoms with E-state index in [2.05, 4.69) is 13.5 Å². The van der Waals surface area contributed by atoms with Crippen LogP contribution in [0.5, 0.6) is 0 Å². The first-order valence-corrected chi connectivity index (χ1v) is 13.7. The van der Waals surface area contributed by atoms with Crippen molar-refractivity contribution < 1.29 is 19.1 Å². The van der Waals surface area contributed by atoms with Crippen LogP contribution < -0.4 is 0 Å². The SMILES string of the molecule is C=CCCCOC(=O)c1ccccc1C(=O)OCCCCCCCCCCCCCCCCC. The van der Waals surface area contributed by atoms with Gasteiger partial charge >= 0.3 is 11.9 Å². The topological polar surface area (TPSA) is 52.6 Å². The summed E-state index contributed by atoms with van der Waals surface area (Å²) in [6.45, 7) is 6.62. The van der Waals surface area contributed by atoms with Gasteiger partial charge in [-0.05, 0) is 31.4 Å². The van der Waals surface area contributed by atoms with Gasteiger partial charge in [-0.25, -0.2) is 9.59 Å². The fraction of sp³-hybridized carbons (Fsp3) is 0.667. The highest BCUT2D eigenvalue weighted by atomic mass is 16.5. The number of unbranched alkanes of at least 4 members (excludes halogenated alkanes) is 15. The molecule has 0 aliphatic heterocycles. The summed E-state index contributed by atoms with van der Waals surface area (Å²) in [4.78, 5) is 24.8. The van der Waals surface area contributed by atoms with E-state index in [-0.39, 0.29) is 11.1 Å². The zero-order valence-corrected chi connectivity index (χ0v) is 21.7. The summed E-state index contributed by atoms with van der Waals surface area (Å²) in [5.74, 6) is -0.937. The third kappa shape index (κ3) is 14.9. The Morgan fingerprint density at radius 2 is 1.03 bits per heavy atom. The van der Waals surface area contributed by atoms with E-state index in [1.165, 1.54) is 83.5 Å². The van der Waals surface area contributed by atoms with Gasteiger partial charge in [-0.2, -0.15) is 0 Å². The third-order valence-electron chi connectivity index (χ3n) is 6.13. The van der Waals surface area contributed by atoms with Gasteiger partial charge in [0.2, 0.25) is 0 Å². The Labute approximate surface area is 208 Å². The molecule has 0 fully saturated rings. The average Bonchev–Trinajstić information content (AvgIpc) is 2.86. The Kier molecular flexibility index (Phi) is 18.9. The minimum atomic E-state index is -0.483. The van der Waals surface area contributed by atoms with Gasteiger partial charge in [0, 0.05) is 0 Å². The van der Waals surface area contributed by atoms with Crippen LogP contribution in [0.1, 0.15) is 137 Å². The van der Waals surface area contributed by atoms with Gasteiger partial charge in [0.1, 0.15) is 0 Å². The summed E-state index contributed by atoms with van der Waals surface area (Å²) in [5.41, 5.74) is 0.541. The first-order valence-electron chi connectivity index (χ1n) is 13.7. The molecule has 4 heteroatoms. The van der Waals surface area contributed by atoms with Crippen LogP contribution in [0.4, 0.5) is 0 Å². The number of hydrogen-bond donors (Lipinski definition) is 0. The summed E-state index contributed by atoms with van der Waals surface area (Å²) < 4.78 is 10.7. The van der Waals surface area contributed by atoms with Gasteiger partial charge in [0.25, 0.3) is 0 Å². The van der Waals surface area contributed by atoms with E-state index in [1.807, 2.05) is 0 Å². The van der Waals surface area contributed by atoms with Crippen LogP contribution in [0.15, 0.2) is 36.9 Å². The Balaban J connectivity index is 2.06. The molecule has 34 heavy (non-hydrogen) atoms. The van der Waals surface area contributed by atoms with Gasteiger partial charge in [-0.3, -0.25) is 0 Å². The molecule has 0 N–H and O–H groups in total. The first-order chi connectivity index (χ1) is 16.7. The Bertz CT molecular complexity index is 668. The molecule has 0 heterocycles. The van der Waals surface area contributed by atoms with Crippen LogP contribution in [0.3, 0.4) is 0 Å². The second-order valence-electron chi connectivity index (χ2n) is 9.20. The molecule has 0 atom stereocenters. The molecule has 0 aliphatic rings. The fourth-order valence-electron chi connectivity index (χ4n) is 4.03. The molecule has 1 rings (SSSR count). The Morgan fingerprint density at radius 1 is 0.647 bits per heavy atom. The van der Waals surface area contributed by atoms with Gasteiger partial charge in [0.15, 0.2) is 0 Å². The van der Waals surface area contributed by atoms with Crippen LogP contribution >= 0.6 is 0 Å². The summed E-state index contributed by atoms with van der Waals surface area (Å²) in [7, 11) is 0. The van der Waals surface area contributed by atoms with Crippen LogP contribution in [0.2, 0.25) is 0 Å². The molecule has 0 aliphatic carbocycles. The van der Waals surface area contributed by atoms with Gasteiger partial charge in [-0.1, -0.05) is 115 Å². The highest BCUT2D eigenvalue weighted by Gasteiger charge is 2.18. The maximum absolute atomic E-state index is 12.5. The predicted molar refractivity (Wildman–Crippen MR) is 141 cm³/mol. The maximum Gasteiger partial charge on any atom is 0.339 e. The molecule has 4 nitrogen and oxygen atoms in total. The number of benzene rings is 1. The largest absolute Gasteiger partial charge is 0.462 e. The molecule has 0 amide bonds. The minimum absolute atomic E-state index is 0.266. The lowest BCUT2D eigenvalue weighted by Crippen LogP contribution is -2.15. The highest BCUT2D eigenvalue weighted by Crippen LogP contribution is 2.15. The number of hydrogen-bond acceptors (Lipinski definition) is 4. The van der Waals surface area contributed by atoms with E-state index in [0.29, 0.717) is 13.2 Å². The summed E-state index contributed by atoms with van der Waals surface area (Å²) in [6, 6.07) is 6.69. The van der Waals surface area contributed by atoms with E-state index < -0.39 is 11.9 Å². The van der Waals surface area contributed by atoms with E-state index >= 15 is 0 Å². The number of carbonyl (C=O) groups excluding carboxylic acids is 2. The normalized spacial score (nSPS) is 10.7. The summed E-state index contributed by atoms with van der Waals surface area (Å²) in [5, 5.41) is 0. The van der Waals surface area contributed by atoms with Crippen molar-refractivity contribution in [2.75, 3.05) is 13.2 Å². The van der Waals surface area contributed by atoms with Gasteiger partial charge in [0.05, 0.1) is 24.3 Å². The lowest BCUT2D eigenvalue weighted by atomic mass is 10.0. The molecule has 0 radical (unpaired) electrons. The minimum Gasteiger partial charge on any atom is -0.462 e. The molecule has 0 aromatic heterocycles. The quantitative estimate of drug-likeness (QED) is 0.0960. The molecule has 0 unspecified atom stereocenters. The molecular formula is C30H48O4. The fourth-order valence-corrected chi connectivity index (χ4v) is 4.03. The van der Waals surface area contributed by atoms with Crippen molar-refractivity contribution in [1.29, 1.82) is 0 Å². The molecule has 0 bridgehead atoms. The van der Waals surface area contributed by atoms with E-state index in [0.717, 1.165) is 25.7 Å². The van der Waals surface area contributed by atoms with Crippen molar-refractivity contribution >= 4 is 11.9 Å². The van der Waals surface area contributed by atoms with E-state index in [4.69, 9.17) is 9.47 Å². The third-order valence-corrected chi connectivity index (χ3v) is 6.13. The Hall–Kier alpha value is -2.10. The zero-order valence-electron chi connectivity index (χ0n) is 21.7. The number of carbonyl (C=O) groups is 2. The molecule has 192 valence electrons. The standard InChI is InChI=1S/C30H48O4/c1-3-5-7-8-9-10-11-12-13-14-15-16-17-18-22-26-34-30(32)28-24-20-19-23-27(28)29(31)33-25-21-6-4-2/h4,19-20,23-24H,2-3,5-18,21-22,25-26H2,1H3. The smallest absolute Gasteiger partial charge is 0.339 e. The molecule has 0 saturated carbocycles. The maximum atomic E-state index is 12.5. The monoisotopic (exact) mass is 472 g/mol. The highest BCUT2D eigenvalue weighted by molar-refractivity contribution is 6.03. The predicted octanol–water partition coefficient (Wildman–Crippen LogP) is 8.84. The molecule has 1 aromatic carbocycles. The van der Waals surface area contributed by atoms with E-state index in [9.17, 15) is 9.59 Å². The van der Waals surface area contributed by atoms with Crippen molar-refractivity contribution in [3.05, 3.63) is 48.0 Å². The zero-order chi connectivity index (χ0) is 24.7. The first kappa shape index (κ1) is 29.9. The van der Waals surface area contributed by atoms with E-state index in [1.54, 1.807) is 30.3 Å². The van der Waals surface area contributed by atoms with Crippen molar-refractivity contribution in [1.82, 2.24) is 0 Å². The number of rotatable bonds is 22. The number of allylic oxidation sites excluding steroid dienone is 1. The number of ether oxygens (including phenoxy) is 2. The second kappa shape index (κ2) is 21.4. The van der Waals surface area contributed by atoms with Crippen molar-refractivity contribution in [2.24, 2.45) is 0 Å². The van der Waals surface area contributed by atoms with Crippen LogP contribution in [-0.4, -0.2) is 25.2 Å². The summed E-state index contributed by atoms with van der Waals surface area (Å²) >= 11 is 0. The van der Waals surface area contributed by atoms with Crippen molar-refractivity contribution in [3.63, 3.8) is 0 Å². The Morgan fingerprint density at radius 3 is 1.44 bits per heavy atom. The lowest BCUT2D eigenvalue weighted by molar-refractivity contribution is 0.0452. The molecule has 0 spiro atoms. The van der Waals surface area contributed by atoms with Gasteiger partial charge < -0.3 is 9.47 Å². The molecule has 1 aromatic rings. The van der Waals surface area contributed by atoms with Crippen LogP contribution in [-0.2, 0) is 9.47 Å².